The summed E-state index contributed by atoms with van der Waals surface area (Å²) in [6.07, 6.45) is 1.27. The van der Waals surface area contributed by atoms with Crippen molar-refractivity contribution < 1.29 is 28.6 Å². The van der Waals surface area contributed by atoms with Crippen molar-refractivity contribution in [1.29, 1.82) is 0 Å². The smallest absolute Gasteiger partial charge is 0.268 e. The van der Waals surface area contributed by atoms with E-state index in [1.807, 2.05) is 12.1 Å². The molecule has 0 spiro atoms. The number of amides is 1. The maximum absolute atomic E-state index is 12.6. The van der Waals surface area contributed by atoms with Gasteiger partial charge in [0.25, 0.3) is 5.91 Å². The molecular weight excluding hydrogens is 388 g/mol. The average Bonchev–Trinajstić information content (AvgIpc) is 3.28. The summed E-state index contributed by atoms with van der Waals surface area (Å²) in [5.74, 6) is 2.16. The van der Waals surface area contributed by atoms with Crippen LogP contribution in [0.25, 0.3) is 0 Å². The Hall–Kier alpha value is -3.68. The van der Waals surface area contributed by atoms with Crippen LogP contribution in [0.15, 0.2) is 54.2 Å². The number of oxime groups is 1. The maximum Gasteiger partial charge on any atom is 0.268 e. The number of carbonyl (C=O) groups is 1. The predicted molar refractivity (Wildman–Crippen MR) is 111 cm³/mol. The third-order valence-corrected chi connectivity index (χ3v) is 4.62. The van der Waals surface area contributed by atoms with Crippen molar-refractivity contribution in [2.75, 3.05) is 32.2 Å². The van der Waals surface area contributed by atoms with Gasteiger partial charge in [0.05, 0.1) is 12.8 Å². The molecule has 0 aliphatic carbocycles. The summed E-state index contributed by atoms with van der Waals surface area (Å²) in [6, 6.07) is 10.7. The van der Waals surface area contributed by atoms with Crippen molar-refractivity contribution >= 4 is 17.3 Å². The highest BCUT2D eigenvalue weighted by atomic mass is 16.6. The van der Waals surface area contributed by atoms with Crippen molar-refractivity contribution in [3.8, 4) is 23.0 Å². The molecule has 0 bridgehead atoms. The summed E-state index contributed by atoms with van der Waals surface area (Å²) in [6.45, 7) is 5.01. The molecule has 0 unspecified atom stereocenters. The van der Waals surface area contributed by atoms with Gasteiger partial charge in [-0.05, 0) is 30.3 Å². The largest absolute Gasteiger partial charge is 0.493 e. The number of fused-ring (bicyclic) bond motifs is 1. The first-order chi connectivity index (χ1) is 14.7. The van der Waals surface area contributed by atoms with Gasteiger partial charge in [-0.15, -0.1) is 0 Å². The van der Waals surface area contributed by atoms with E-state index in [9.17, 15) is 4.79 Å². The van der Waals surface area contributed by atoms with Gasteiger partial charge in [0, 0.05) is 23.7 Å². The van der Waals surface area contributed by atoms with Crippen molar-refractivity contribution in [3.05, 3.63) is 54.6 Å². The zero-order valence-corrected chi connectivity index (χ0v) is 16.6. The second-order valence-electron chi connectivity index (χ2n) is 6.65. The fraction of sp³-hybridized carbons (Fsp3) is 0.273. The van der Waals surface area contributed by atoms with Crippen LogP contribution in [0.1, 0.15) is 12.0 Å². The van der Waals surface area contributed by atoms with Crippen molar-refractivity contribution in [1.82, 2.24) is 0 Å². The van der Waals surface area contributed by atoms with E-state index in [0.717, 1.165) is 5.56 Å². The van der Waals surface area contributed by atoms with Gasteiger partial charge in [0.1, 0.15) is 19.8 Å². The number of nitrogens with one attached hydrogen (secondary N) is 1. The molecule has 8 nitrogen and oxygen atoms in total. The average molecular weight is 410 g/mol. The number of carbonyl (C=O) groups excluding carboxylic acids is 1. The fourth-order valence-corrected chi connectivity index (χ4v) is 3.15. The molecule has 1 amide bonds. The number of ether oxygens (including phenoxy) is 4. The summed E-state index contributed by atoms with van der Waals surface area (Å²) >= 11 is 0. The standard InChI is InChI=1S/C22H22N2O6/c1-3-8-27-17-6-4-14(11-19(17)26-2)16-13-21(30-24-16)22(25)23-15-5-7-18-20(12-15)29-10-9-28-18/h3-7,11-12,21H,1,8-10,13H2,2H3,(H,23,25)/t21-/m0/s1. The van der Waals surface area contributed by atoms with Crippen LogP contribution < -0.4 is 24.3 Å². The summed E-state index contributed by atoms with van der Waals surface area (Å²) in [4.78, 5) is 18.0. The summed E-state index contributed by atoms with van der Waals surface area (Å²) in [5, 5.41) is 6.92. The highest BCUT2D eigenvalue weighted by molar-refractivity contribution is 6.06. The molecule has 2 aromatic rings. The second-order valence-corrected chi connectivity index (χ2v) is 6.65. The van der Waals surface area contributed by atoms with Crippen LogP contribution in [0.5, 0.6) is 23.0 Å². The van der Waals surface area contributed by atoms with Gasteiger partial charge in [-0.1, -0.05) is 17.8 Å². The first-order valence-corrected chi connectivity index (χ1v) is 9.53. The lowest BCUT2D eigenvalue weighted by Crippen LogP contribution is -2.28. The molecule has 2 aromatic carbocycles. The van der Waals surface area contributed by atoms with Gasteiger partial charge >= 0.3 is 0 Å². The molecule has 4 rings (SSSR count). The Bertz CT molecular complexity index is 988. The first kappa shape index (κ1) is 19.6. The molecule has 8 heteroatoms. The van der Waals surface area contributed by atoms with Gasteiger partial charge in [-0.3, -0.25) is 4.79 Å². The Morgan fingerprint density at radius 2 is 2.03 bits per heavy atom. The molecule has 2 aliphatic heterocycles. The van der Waals surface area contributed by atoms with Crippen molar-refractivity contribution in [2.24, 2.45) is 5.16 Å². The summed E-state index contributed by atoms with van der Waals surface area (Å²) in [5.41, 5.74) is 2.06. The summed E-state index contributed by atoms with van der Waals surface area (Å²) < 4.78 is 22.0. The van der Waals surface area contributed by atoms with E-state index in [1.54, 1.807) is 37.5 Å². The van der Waals surface area contributed by atoms with Gasteiger partial charge in [0.2, 0.25) is 6.10 Å². The van der Waals surface area contributed by atoms with E-state index >= 15 is 0 Å². The van der Waals surface area contributed by atoms with Crippen molar-refractivity contribution in [3.63, 3.8) is 0 Å². The van der Waals surface area contributed by atoms with Gasteiger partial charge in [-0.25, -0.2) is 0 Å². The van der Waals surface area contributed by atoms with Crippen LogP contribution in [0.2, 0.25) is 0 Å². The van der Waals surface area contributed by atoms with Crippen LogP contribution in [0, 0.1) is 0 Å². The Morgan fingerprint density at radius 3 is 2.83 bits per heavy atom. The molecule has 1 N–H and O–H groups in total. The van der Waals surface area contributed by atoms with Crippen LogP contribution in [-0.4, -0.2) is 44.7 Å². The molecule has 1 atom stereocenters. The van der Waals surface area contributed by atoms with E-state index in [0.29, 0.717) is 60.6 Å². The molecule has 0 fully saturated rings. The van der Waals surface area contributed by atoms with Gasteiger partial charge in [-0.2, -0.15) is 0 Å². The number of hydrogen-bond donors (Lipinski definition) is 1. The molecular formula is C22H22N2O6. The Morgan fingerprint density at radius 1 is 1.20 bits per heavy atom. The number of methoxy groups -OCH3 is 1. The van der Waals surface area contributed by atoms with Crippen LogP contribution in [0.4, 0.5) is 5.69 Å². The normalized spacial score (nSPS) is 16.8. The van der Waals surface area contributed by atoms with Crippen molar-refractivity contribution in [2.45, 2.75) is 12.5 Å². The number of rotatable bonds is 7. The Labute approximate surface area is 174 Å². The molecule has 0 saturated carbocycles. The number of hydrogen-bond acceptors (Lipinski definition) is 7. The molecule has 0 radical (unpaired) electrons. The number of nitrogens with zero attached hydrogens (tertiary/aromatic N) is 1. The zero-order chi connectivity index (χ0) is 20.9. The zero-order valence-electron chi connectivity index (χ0n) is 16.6. The molecule has 2 heterocycles. The monoisotopic (exact) mass is 410 g/mol. The second kappa shape index (κ2) is 8.77. The van der Waals surface area contributed by atoms with E-state index in [2.05, 4.69) is 17.1 Å². The third-order valence-electron chi connectivity index (χ3n) is 4.62. The van der Waals surface area contributed by atoms with Crippen LogP contribution >= 0.6 is 0 Å². The molecule has 0 aromatic heterocycles. The fourth-order valence-electron chi connectivity index (χ4n) is 3.15. The predicted octanol–water partition coefficient (Wildman–Crippen LogP) is 3.16. The lowest BCUT2D eigenvalue weighted by Gasteiger charge is -2.19. The van der Waals surface area contributed by atoms with E-state index in [1.165, 1.54) is 0 Å². The Kier molecular flexibility index (Phi) is 5.74. The molecule has 0 saturated heterocycles. The Balaban J connectivity index is 1.40. The molecule has 156 valence electrons. The molecule has 2 aliphatic rings. The third kappa shape index (κ3) is 4.17. The topological polar surface area (TPSA) is 87.6 Å². The summed E-state index contributed by atoms with van der Waals surface area (Å²) in [7, 11) is 1.57. The molecule has 30 heavy (non-hydrogen) atoms. The number of benzene rings is 2. The quantitative estimate of drug-likeness (QED) is 0.706. The number of anilines is 1. The maximum atomic E-state index is 12.6. The lowest BCUT2D eigenvalue weighted by atomic mass is 10.0. The van der Waals surface area contributed by atoms with Crippen LogP contribution in [0.3, 0.4) is 0 Å². The lowest BCUT2D eigenvalue weighted by molar-refractivity contribution is -0.125. The van der Waals surface area contributed by atoms with E-state index in [-0.39, 0.29) is 5.91 Å². The van der Waals surface area contributed by atoms with E-state index in [4.69, 9.17) is 23.8 Å². The SMILES string of the molecule is C=CCOc1ccc(C2=NO[C@H](C(=O)Nc3ccc4c(c3)OCCO4)C2)cc1OC. The highest BCUT2D eigenvalue weighted by Crippen LogP contribution is 2.33. The van der Waals surface area contributed by atoms with Gasteiger partial charge < -0.3 is 29.1 Å². The van der Waals surface area contributed by atoms with Gasteiger partial charge in [0.15, 0.2) is 23.0 Å². The van der Waals surface area contributed by atoms with Crippen LogP contribution in [-0.2, 0) is 9.63 Å². The minimum absolute atomic E-state index is 0.289. The minimum Gasteiger partial charge on any atom is -0.493 e. The highest BCUT2D eigenvalue weighted by Gasteiger charge is 2.29. The minimum atomic E-state index is -0.726. The first-order valence-electron chi connectivity index (χ1n) is 9.53. The van der Waals surface area contributed by atoms with E-state index < -0.39 is 6.10 Å².